The molecule has 0 saturated carbocycles. The van der Waals surface area contributed by atoms with Gasteiger partial charge in [0.15, 0.2) is 4.73 Å². The van der Waals surface area contributed by atoms with Gasteiger partial charge in [-0.2, -0.15) is 0 Å². The number of hydrogen-bond donors (Lipinski definition) is 0. The number of fused-ring (bicyclic) bond motifs is 1. The van der Waals surface area contributed by atoms with Gasteiger partial charge in [0.2, 0.25) is 5.91 Å². The fourth-order valence-corrected chi connectivity index (χ4v) is 2.57. The number of halogens is 1. The second-order valence-corrected chi connectivity index (χ2v) is 5.66. The third-order valence-corrected chi connectivity index (χ3v) is 4.04. The predicted octanol–water partition coefficient (Wildman–Crippen LogP) is 1.02. The Bertz CT molecular complexity index is 455. The van der Waals surface area contributed by atoms with Gasteiger partial charge in [0.25, 0.3) is 0 Å². The van der Waals surface area contributed by atoms with Crippen LogP contribution in [0.25, 0.3) is 0 Å². The molecule has 1 aromatic heterocycles. The summed E-state index contributed by atoms with van der Waals surface area (Å²) in [5, 5.41) is 0. The lowest BCUT2D eigenvalue weighted by atomic mass is 10.1. The zero-order chi connectivity index (χ0) is 13.3. The van der Waals surface area contributed by atoms with Crippen LogP contribution in [0, 0.1) is 0 Å². The van der Waals surface area contributed by atoms with E-state index in [2.05, 4.69) is 20.9 Å². The predicted molar refractivity (Wildman–Crippen MR) is 73.2 cm³/mol. The van der Waals surface area contributed by atoms with Gasteiger partial charge in [0.1, 0.15) is 0 Å². The van der Waals surface area contributed by atoms with E-state index >= 15 is 0 Å². The van der Waals surface area contributed by atoms with Crippen LogP contribution < -0.4 is 0 Å². The molecule has 6 heteroatoms. The van der Waals surface area contributed by atoms with Crippen LogP contribution in [-0.4, -0.2) is 52.4 Å². The zero-order valence-corrected chi connectivity index (χ0v) is 12.7. The first kappa shape index (κ1) is 13.5. The first-order valence-corrected chi connectivity index (χ1v) is 6.91. The highest BCUT2D eigenvalue weighted by Crippen LogP contribution is 2.22. The van der Waals surface area contributed by atoms with Crippen molar-refractivity contribution in [3.63, 3.8) is 0 Å². The van der Waals surface area contributed by atoms with E-state index in [0.717, 1.165) is 35.6 Å². The van der Waals surface area contributed by atoms with E-state index in [0.29, 0.717) is 13.0 Å². The minimum absolute atomic E-state index is 0.228. The third kappa shape index (κ3) is 2.75. The molecule has 1 aromatic rings. The summed E-state index contributed by atoms with van der Waals surface area (Å²) in [6.07, 6.45) is 1.43. The maximum absolute atomic E-state index is 12.1. The Morgan fingerprint density at radius 1 is 1.50 bits per heavy atom. The fourth-order valence-electron chi connectivity index (χ4n) is 2.14. The van der Waals surface area contributed by atoms with Crippen LogP contribution in [0.15, 0.2) is 4.73 Å². The summed E-state index contributed by atoms with van der Waals surface area (Å²) in [5.74, 6) is 0.228. The number of aromatic nitrogens is 2. The van der Waals surface area contributed by atoms with E-state index in [-0.39, 0.29) is 5.91 Å². The molecule has 0 radical (unpaired) electrons. The molecule has 0 unspecified atom stereocenters. The van der Waals surface area contributed by atoms with E-state index in [1.165, 1.54) is 0 Å². The molecular weight excluding hydrogens is 296 g/mol. The van der Waals surface area contributed by atoms with Crippen LogP contribution >= 0.6 is 15.9 Å². The first-order chi connectivity index (χ1) is 8.49. The van der Waals surface area contributed by atoms with Crippen LogP contribution in [0.1, 0.15) is 17.8 Å². The Morgan fingerprint density at radius 2 is 2.22 bits per heavy atom. The topological polar surface area (TPSA) is 41.4 Å². The van der Waals surface area contributed by atoms with Crippen molar-refractivity contribution in [2.75, 3.05) is 27.2 Å². The van der Waals surface area contributed by atoms with Crippen LogP contribution in [0.3, 0.4) is 0 Å². The van der Waals surface area contributed by atoms with Crippen LogP contribution in [0.5, 0.6) is 0 Å². The summed E-state index contributed by atoms with van der Waals surface area (Å²) >= 11 is 3.42. The third-order valence-electron chi connectivity index (χ3n) is 3.33. The SMILES string of the molecule is CN(C)CCC(=O)N1CCc2nc(Br)n(C)c2C1. The Morgan fingerprint density at radius 3 is 2.89 bits per heavy atom. The average Bonchev–Trinajstić information content (AvgIpc) is 2.62. The highest BCUT2D eigenvalue weighted by atomic mass is 79.9. The Labute approximate surface area is 116 Å². The van der Waals surface area contributed by atoms with E-state index in [9.17, 15) is 4.79 Å². The number of carbonyl (C=O) groups is 1. The maximum Gasteiger partial charge on any atom is 0.224 e. The smallest absolute Gasteiger partial charge is 0.224 e. The minimum atomic E-state index is 0.228. The molecule has 0 atom stereocenters. The van der Waals surface area contributed by atoms with E-state index in [1.807, 2.05) is 35.5 Å². The average molecular weight is 315 g/mol. The fraction of sp³-hybridized carbons (Fsp3) is 0.667. The van der Waals surface area contributed by atoms with Crippen molar-refractivity contribution in [1.29, 1.82) is 0 Å². The van der Waals surface area contributed by atoms with Crippen molar-refractivity contribution in [2.45, 2.75) is 19.4 Å². The largest absolute Gasteiger partial charge is 0.336 e. The molecule has 0 fully saturated rings. The highest BCUT2D eigenvalue weighted by molar-refractivity contribution is 9.10. The van der Waals surface area contributed by atoms with Gasteiger partial charge < -0.3 is 14.4 Å². The van der Waals surface area contributed by atoms with E-state index < -0.39 is 0 Å². The molecular formula is C12H19BrN4O. The minimum Gasteiger partial charge on any atom is -0.336 e. The van der Waals surface area contributed by atoms with Crippen molar-refractivity contribution in [3.05, 3.63) is 16.1 Å². The van der Waals surface area contributed by atoms with Crippen LogP contribution in [0.4, 0.5) is 0 Å². The Hall–Kier alpha value is -0.880. The molecule has 0 aromatic carbocycles. The van der Waals surface area contributed by atoms with Crippen molar-refractivity contribution >= 4 is 21.8 Å². The second-order valence-electron chi connectivity index (χ2n) is 4.95. The lowest BCUT2D eigenvalue weighted by Gasteiger charge is -2.27. The molecule has 1 aliphatic rings. The van der Waals surface area contributed by atoms with E-state index in [4.69, 9.17) is 0 Å². The monoisotopic (exact) mass is 314 g/mol. The molecule has 0 N–H and O–H groups in total. The standard InChI is InChI=1S/C12H19BrN4O/c1-15(2)6-5-11(18)17-7-4-9-10(8-17)16(3)12(13)14-9/h4-8H2,1-3H3. The summed E-state index contributed by atoms with van der Waals surface area (Å²) in [6.45, 7) is 2.26. The Balaban J connectivity index is 2.03. The number of imidazole rings is 1. The molecule has 0 spiro atoms. The van der Waals surface area contributed by atoms with Gasteiger partial charge in [-0.1, -0.05) is 0 Å². The van der Waals surface area contributed by atoms with Crippen molar-refractivity contribution in [2.24, 2.45) is 7.05 Å². The number of amides is 1. The molecule has 2 heterocycles. The van der Waals surface area contributed by atoms with Gasteiger partial charge in [-0.3, -0.25) is 4.79 Å². The van der Waals surface area contributed by atoms with Gasteiger partial charge in [-0.25, -0.2) is 4.98 Å². The molecule has 100 valence electrons. The summed E-state index contributed by atoms with van der Waals surface area (Å²) in [5.41, 5.74) is 2.26. The highest BCUT2D eigenvalue weighted by Gasteiger charge is 2.24. The molecule has 18 heavy (non-hydrogen) atoms. The number of carbonyl (C=O) groups excluding carboxylic acids is 1. The van der Waals surface area contributed by atoms with Crippen LogP contribution in [-0.2, 0) is 24.8 Å². The molecule has 0 bridgehead atoms. The summed E-state index contributed by atoms with van der Waals surface area (Å²) < 4.78 is 2.86. The summed E-state index contributed by atoms with van der Waals surface area (Å²) in [4.78, 5) is 20.5. The maximum atomic E-state index is 12.1. The summed E-state index contributed by atoms with van der Waals surface area (Å²) in [6, 6.07) is 0. The molecule has 5 nitrogen and oxygen atoms in total. The lowest BCUT2D eigenvalue weighted by Crippen LogP contribution is -2.37. The van der Waals surface area contributed by atoms with Gasteiger partial charge in [-0.15, -0.1) is 0 Å². The van der Waals surface area contributed by atoms with Crippen molar-refractivity contribution in [3.8, 4) is 0 Å². The second kappa shape index (κ2) is 5.40. The molecule has 0 saturated heterocycles. The number of nitrogens with zero attached hydrogens (tertiary/aromatic N) is 4. The van der Waals surface area contributed by atoms with Gasteiger partial charge in [0, 0.05) is 33.0 Å². The number of rotatable bonds is 3. The van der Waals surface area contributed by atoms with Crippen LogP contribution in [0.2, 0.25) is 0 Å². The molecule has 1 amide bonds. The molecule has 2 rings (SSSR count). The summed E-state index contributed by atoms with van der Waals surface area (Å²) in [7, 11) is 5.95. The quantitative estimate of drug-likeness (QED) is 0.836. The Kier molecular flexibility index (Phi) is 4.07. The van der Waals surface area contributed by atoms with Gasteiger partial charge >= 0.3 is 0 Å². The zero-order valence-electron chi connectivity index (χ0n) is 11.1. The number of hydrogen-bond acceptors (Lipinski definition) is 3. The van der Waals surface area contributed by atoms with Gasteiger partial charge in [0.05, 0.1) is 17.9 Å². The first-order valence-electron chi connectivity index (χ1n) is 6.11. The normalized spacial score (nSPS) is 15.1. The van der Waals surface area contributed by atoms with Crippen molar-refractivity contribution in [1.82, 2.24) is 19.4 Å². The lowest BCUT2D eigenvalue weighted by molar-refractivity contribution is -0.132. The van der Waals surface area contributed by atoms with E-state index in [1.54, 1.807) is 0 Å². The molecule has 1 aliphatic heterocycles. The van der Waals surface area contributed by atoms with Gasteiger partial charge in [-0.05, 0) is 30.0 Å². The molecule has 0 aliphatic carbocycles. The van der Waals surface area contributed by atoms with Crippen molar-refractivity contribution < 1.29 is 4.79 Å².